The van der Waals surface area contributed by atoms with Crippen LogP contribution in [0.1, 0.15) is 33.7 Å². The molecular formula is C29H23N5O4. The van der Waals surface area contributed by atoms with E-state index in [-0.39, 0.29) is 22.8 Å². The van der Waals surface area contributed by atoms with Crippen molar-refractivity contribution in [1.82, 2.24) is 14.6 Å². The molecular weight excluding hydrogens is 482 g/mol. The Morgan fingerprint density at radius 2 is 1.79 bits per heavy atom. The number of carbonyl (C=O) groups excluding carboxylic acids is 1. The molecule has 1 aliphatic carbocycles. The zero-order chi connectivity index (χ0) is 26.2. The van der Waals surface area contributed by atoms with Gasteiger partial charge in [-0.1, -0.05) is 36.4 Å². The highest BCUT2D eigenvalue weighted by Crippen LogP contribution is 2.33. The minimum Gasteiger partial charge on any atom is -0.457 e. The molecule has 0 radical (unpaired) electrons. The number of rotatable bonds is 6. The lowest BCUT2D eigenvalue weighted by Crippen LogP contribution is -2.13. The highest BCUT2D eigenvalue weighted by molar-refractivity contribution is 6.03. The number of fused-ring (bicyclic) bond motifs is 2. The molecule has 38 heavy (non-hydrogen) atoms. The summed E-state index contributed by atoms with van der Waals surface area (Å²) in [6, 6.07) is 23.3. The number of non-ortho nitro benzene ring substituents is 1. The number of aromatic nitrogens is 3. The van der Waals surface area contributed by atoms with Crippen LogP contribution in [0.4, 0.5) is 11.4 Å². The van der Waals surface area contributed by atoms with Gasteiger partial charge in [0.2, 0.25) is 0 Å². The first-order valence-corrected chi connectivity index (χ1v) is 12.3. The summed E-state index contributed by atoms with van der Waals surface area (Å²) in [4.78, 5) is 28.8. The maximum Gasteiger partial charge on any atom is 0.276 e. The fourth-order valence-electron chi connectivity index (χ4n) is 4.76. The van der Waals surface area contributed by atoms with E-state index in [1.165, 1.54) is 23.3 Å². The molecule has 9 nitrogen and oxygen atoms in total. The van der Waals surface area contributed by atoms with Crippen molar-refractivity contribution in [2.75, 3.05) is 5.32 Å². The van der Waals surface area contributed by atoms with E-state index >= 15 is 0 Å². The van der Waals surface area contributed by atoms with E-state index in [2.05, 4.69) is 15.4 Å². The van der Waals surface area contributed by atoms with Crippen LogP contribution in [0.5, 0.6) is 11.5 Å². The van der Waals surface area contributed by atoms with Gasteiger partial charge in [0, 0.05) is 29.5 Å². The number of carbonyl (C=O) groups is 1. The third-order valence-corrected chi connectivity index (χ3v) is 6.57. The lowest BCUT2D eigenvalue weighted by Gasteiger charge is -2.10. The molecule has 9 heteroatoms. The van der Waals surface area contributed by atoms with Gasteiger partial charge in [-0.25, -0.2) is 9.50 Å². The highest BCUT2D eigenvalue weighted by atomic mass is 16.6. The third-order valence-electron chi connectivity index (χ3n) is 6.57. The first kappa shape index (κ1) is 23.4. The Kier molecular flexibility index (Phi) is 5.80. The van der Waals surface area contributed by atoms with Crippen LogP contribution in [0.25, 0.3) is 16.9 Å². The molecule has 2 aromatic heterocycles. The Bertz CT molecular complexity index is 1710. The average molecular weight is 506 g/mol. The van der Waals surface area contributed by atoms with E-state index in [1.807, 2.05) is 61.5 Å². The number of nitro benzene ring substituents is 1. The molecule has 0 fully saturated rings. The molecule has 0 saturated heterocycles. The summed E-state index contributed by atoms with van der Waals surface area (Å²) in [5.41, 5.74) is 5.77. The van der Waals surface area contributed by atoms with Crippen molar-refractivity contribution in [3.8, 4) is 22.8 Å². The van der Waals surface area contributed by atoms with E-state index in [9.17, 15) is 14.9 Å². The Morgan fingerprint density at radius 3 is 2.61 bits per heavy atom. The lowest BCUT2D eigenvalue weighted by molar-refractivity contribution is -0.384. The van der Waals surface area contributed by atoms with E-state index in [4.69, 9.17) is 4.74 Å². The number of aryl methyl sites for hydroxylation is 3. The van der Waals surface area contributed by atoms with Crippen LogP contribution < -0.4 is 10.1 Å². The van der Waals surface area contributed by atoms with E-state index in [0.717, 1.165) is 36.2 Å². The second-order valence-electron chi connectivity index (χ2n) is 9.26. The van der Waals surface area contributed by atoms with Crippen molar-refractivity contribution in [2.24, 2.45) is 0 Å². The fraction of sp³-hybridized carbons (Fsp3) is 0.138. The second kappa shape index (κ2) is 9.44. The number of anilines is 1. The van der Waals surface area contributed by atoms with Crippen molar-refractivity contribution < 1.29 is 14.5 Å². The van der Waals surface area contributed by atoms with Crippen molar-refractivity contribution >= 4 is 22.9 Å². The molecule has 1 aliphatic rings. The van der Waals surface area contributed by atoms with Crippen molar-refractivity contribution in [3.63, 3.8) is 0 Å². The molecule has 3 aromatic carbocycles. The number of nitrogens with zero attached hydrogens (tertiary/aromatic N) is 4. The quantitative estimate of drug-likeness (QED) is 0.219. The normalized spacial score (nSPS) is 12.3. The van der Waals surface area contributed by atoms with Gasteiger partial charge < -0.3 is 10.1 Å². The Balaban J connectivity index is 1.28. The summed E-state index contributed by atoms with van der Waals surface area (Å²) in [6.07, 6.45) is 3.15. The van der Waals surface area contributed by atoms with Gasteiger partial charge in [-0.05, 0) is 55.5 Å². The average Bonchev–Trinajstić information content (AvgIpc) is 3.56. The second-order valence-corrected chi connectivity index (χ2v) is 9.26. The monoisotopic (exact) mass is 505 g/mol. The number of hydrogen-bond acceptors (Lipinski definition) is 6. The Morgan fingerprint density at radius 1 is 0.974 bits per heavy atom. The SMILES string of the molecule is Cc1cc(-c2ccccc2)nc2cc(C(=O)Nc3cc(Oc4ccc5c(c4)CCC5)cc([N+](=O)[O-])c3)nn12. The summed E-state index contributed by atoms with van der Waals surface area (Å²) in [6.45, 7) is 1.89. The van der Waals surface area contributed by atoms with Crippen molar-refractivity contribution in [3.05, 3.63) is 111 Å². The number of hydrogen-bond donors (Lipinski definition) is 1. The molecule has 0 unspecified atom stereocenters. The topological polar surface area (TPSA) is 112 Å². The predicted molar refractivity (Wildman–Crippen MR) is 143 cm³/mol. The molecule has 0 saturated carbocycles. The maximum absolute atomic E-state index is 13.1. The van der Waals surface area contributed by atoms with Gasteiger partial charge in [0.25, 0.3) is 11.6 Å². The summed E-state index contributed by atoms with van der Waals surface area (Å²) in [5.74, 6) is 0.340. The lowest BCUT2D eigenvalue weighted by atomic mass is 10.1. The number of amides is 1. The van der Waals surface area contributed by atoms with Gasteiger partial charge in [0.15, 0.2) is 11.3 Å². The fourth-order valence-corrected chi connectivity index (χ4v) is 4.76. The van der Waals surface area contributed by atoms with Gasteiger partial charge in [0.1, 0.15) is 11.5 Å². The third kappa shape index (κ3) is 4.57. The van der Waals surface area contributed by atoms with Gasteiger partial charge in [0.05, 0.1) is 22.4 Å². The zero-order valence-corrected chi connectivity index (χ0v) is 20.5. The van der Waals surface area contributed by atoms with Crippen LogP contribution in [-0.4, -0.2) is 25.4 Å². The Hall–Kier alpha value is -5.05. The minimum atomic E-state index is -0.519. The number of benzene rings is 3. The largest absolute Gasteiger partial charge is 0.457 e. The molecule has 1 amide bonds. The van der Waals surface area contributed by atoms with Crippen LogP contribution >= 0.6 is 0 Å². The molecule has 188 valence electrons. The van der Waals surface area contributed by atoms with Gasteiger partial charge in [-0.3, -0.25) is 14.9 Å². The Labute approximate surface area is 217 Å². The molecule has 0 atom stereocenters. The standard InChI is InChI=1S/C29H23N5O4/c1-18-12-26(20-6-3-2-4-7-20)31-28-17-27(32-33(18)28)29(35)30-22-14-23(34(36)37)16-25(15-22)38-24-11-10-19-8-5-9-21(19)13-24/h2-4,6-7,10-17H,5,8-9H2,1H3,(H,30,35). The van der Waals surface area contributed by atoms with E-state index in [1.54, 1.807) is 16.6 Å². The molecule has 2 heterocycles. The van der Waals surface area contributed by atoms with E-state index < -0.39 is 10.8 Å². The van der Waals surface area contributed by atoms with Gasteiger partial charge >= 0.3 is 0 Å². The van der Waals surface area contributed by atoms with Crippen molar-refractivity contribution in [1.29, 1.82) is 0 Å². The molecule has 0 bridgehead atoms. The molecule has 5 aromatic rings. The number of nitrogens with one attached hydrogen (secondary N) is 1. The first-order valence-electron chi connectivity index (χ1n) is 12.3. The minimum absolute atomic E-state index is 0.137. The van der Waals surface area contributed by atoms with E-state index in [0.29, 0.717) is 11.4 Å². The molecule has 0 aliphatic heterocycles. The summed E-state index contributed by atoms with van der Waals surface area (Å²) >= 11 is 0. The van der Waals surface area contributed by atoms with Crippen LogP contribution in [0.15, 0.2) is 78.9 Å². The van der Waals surface area contributed by atoms with Crippen LogP contribution in [0.3, 0.4) is 0 Å². The number of ether oxygens (including phenoxy) is 1. The number of nitro groups is 1. The summed E-state index contributed by atoms with van der Waals surface area (Å²) in [5, 5.41) is 18.7. The summed E-state index contributed by atoms with van der Waals surface area (Å²) in [7, 11) is 0. The summed E-state index contributed by atoms with van der Waals surface area (Å²) < 4.78 is 7.55. The predicted octanol–water partition coefficient (Wildman–Crippen LogP) is 6.15. The molecule has 1 N–H and O–H groups in total. The molecule has 6 rings (SSSR count). The van der Waals surface area contributed by atoms with Crippen LogP contribution in [-0.2, 0) is 12.8 Å². The van der Waals surface area contributed by atoms with Crippen LogP contribution in [0.2, 0.25) is 0 Å². The first-order chi connectivity index (χ1) is 18.4. The zero-order valence-electron chi connectivity index (χ0n) is 20.5. The molecule has 0 spiro atoms. The van der Waals surface area contributed by atoms with Crippen molar-refractivity contribution in [2.45, 2.75) is 26.2 Å². The van der Waals surface area contributed by atoms with Crippen LogP contribution in [0, 0.1) is 17.0 Å². The van der Waals surface area contributed by atoms with Gasteiger partial charge in [-0.15, -0.1) is 0 Å². The maximum atomic E-state index is 13.1. The smallest absolute Gasteiger partial charge is 0.276 e. The highest BCUT2D eigenvalue weighted by Gasteiger charge is 2.18. The van der Waals surface area contributed by atoms with Gasteiger partial charge in [-0.2, -0.15) is 5.10 Å².